The Kier molecular flexibility index (Phi) is 4.65. The molecule has 2 saturated heterocycles. The summed E-state index contributed by atoms with van der Waals surface area (Å²) in [6.07, 6.45) is 2.07. The van der Waals surface area contributed by atoms with Crippen LogP contribution >= 0.6 is 11.6 Å². The van der Waals surface area contributed by atoms with Crippen molar-refractivity contribution < 1.29 is 14.7 Å². The molecule has 3 rings (SSSR count). The summed E-state index contributed by atoms with van der Waals surface area (Å²) in [4.78, 5) is 28.3. The largest absolute Gasteiger partial charge is 0.481 e. The third-order valence-corrected chi connectivity index (χ3v) is 5.37. The van der Waals surface area contributed by atoms with Crippen molar-refractivity contribution in [1.82, 2.24) is 9.80 Å². The van der Waals surface area contributed by atoms with Gasteiger partial charge in [-0.05, 0) is 17.7 Å². The first kappa shape index (κ1) is 17.0. The lowest BCUT2D eigenvalue weighted by Crippen LogP contribution is -2.42. The van der Waals surface area contributed by atoms with Crippen LogP contribution in [0.2, 0.25) is 5.02 Å². The van der Waals surface area contributed by atoms with Crippen molar-refractivity contribution >= 4 is 23.5 Å². The molecule has 0 aliphatic carbocycles. The molecule has 5 nitrogen and oxygen atoms in total. The van der Waals surface area contributed by atoms with Crippen LogP contribution in [0.5, 0.6) is 0 Å². The average Bonchev–Trinajstić information content (AvgIpc) is 3.05. The molecular weight excluding hydrogens is 328 g/mol. The smallest absolute Gasteiger partial charge is 0.313 e. The number of aliphatic carboxylic acids is 1. The number of halogens is 1. The van der Waals surface area contributed by atoms with E-state index in [-0.39, 0.29) is 24.8 Å². The van der Waals surface area contributed by atoms with E-state index in [4.69, 9.17) is 11.6 Å². The van der Waals surface area contributed by atoms with Crippen molar-refractivity contribution in [2.24, 2.45) is 11.3 Å². The molecule has 2 aliphatic heterocycles. The van der Waals surface area contributed by atoms with Crippen molar-refractivity contribution in [1.29, 1.82) is 0 Å². The van der Waals surface area contributed by atoms with Gasteiger partial charge < -0.3 is 10.0 Å². The fourth-order valence-electron chi connectivity index (χ4n) is 3.87. The maximum absolute atomic E-state index is 12.6. The van der Waals surface area contributed by atoms with Gasteiger partial charge in [-0.15, -0.1) is 6.58 Å². The highest BCUT2D eigenvalue weighted by Crippen LogP contribution is 2.42. The molecule has 2 aliphatic rings. The molecule has 0 bridgehead atoms. The number of nitrogens with zero attached hydrogens (tertiary/aromatic N) is 2. The van der Waals surface area contributed by atoms with Crippen LogP contribution in [0.25, 0.3) is 0 Å². The van der Waals surface area contributed by atoms with Crippen LogP contribution in [0, 0.1) is 11.3 Å². The molecule has 2 heterocycles. The molecular formula is C18H21ClN2O3. The molecule has 0 radical (unpaired) electrons. The molecule has 24 heavy (non-hydrogen) atoms. The molecule has 1 aromatic carbocycles. The third-order valence-electron chi connectivity index (χ3n) is 5.11. The molecule has 6 heteroatoms. The van der Waals surface area contributed by atoms with Crippen LogP contribution in [-0.2, 0) is 16.0 Å². The van der Waals surface area contributed by atoms with E-state index >= 15 is 0 Å². The van der Waals surface area contributed by atoms with E-state index in [2.05, 4.69) is 11.5 Å². The third kappa shape index (κ3) is 3.06. The SMILES string of the molecule is C=CCN1CC2CN(C(=O)Cc3ccc(Cl)cc3)C[C@]2(C(=O)O)C1. The summed E-state index contributed by atoms with van der Waals surface area (Å²) in [7, 11) is 0. The van der Waals surface area contributed by atoms with Gasteiger partial charge in [0.05, 0.1) is 6.42 Å². The maximum atomic E-state index is 12.6. The minimum absolute atomic E-state index is 0.0240. The van der Waals surface area contributed by atoms with Crippen LogP contribution in [0.15, 0.2) is 36.9 Å². The number of hydrogen-bond acceptors (Lipinski definition) is 3. The number of carbonyl (C=O) groups excluding carboxylic acids is 1. The van der Waals surface area contributed by atoms with Gasteiger partial charge in [0.15, 0.2) is 0 Å². The summed E-state index contributed by atoms with van der Waals surface area (Å²) >= 11 is 5.86. The predicted octanol–water partition coefficient (Wildman–Crippen LogP) is 1.91. The summed E-state index contributed by atoms with van der Waals surface area (Å²) in [6.45, 7) is 6.37. The molecule has 1 amide bonds. The Balaban J connectivity index is 1.69. The summed E-state index contributed by atoms with van der Waals surface area (Å²) in [5.41, 5.74) is 0.0395. The van der Waals surface area contributed by atoms with Crippen molar-refractivity contribution in [2.75, 3.05) is 32.7 Å². The zero-order chi connectivity index (χ0) is 17.3. The lowest BCUT2D eigenvalue weighted by atomic mass is 9.81. The van der Waals surface area contributed by atoms with Gasteiger partial charge >= 0.3 is 5.97 Å². The van der Waals surface area contributed by atoms with Crippen molar-refractivity contribution in [3.05, 3.63) is 47.5 Å². The van der Waals surface area contributed by atoms with Crippen LogP contribution in [0.4, 0.5) is 0 Å². The molecule has 0 saturated carbocycles. The molecule has 2 atom stereocenters. The van der Waals surface area contributed by atoms with Crippen LogP contribution < -0.4 is 0 Å². The number of carbonyl (C=O) groups is 2. The molecule has 2 fully saturated rings. The Labute approximate surface area is 146 Å². The first-order valence-corrected chi connectivity index (χ1v) is 8.41. The Bertz CT molecular complexity index is 661. The number of carboxylic acid groups (broad SMARTS) is 1. The molecule has 1 unspecified atom stereocenters. The Morgan fingerprint density at radius 3 is 2.58 bits per heavy atom. The van der Waals surface area contributed by atoms with Gasteiger partial charge in [0, 0.05) is 43.7 Å². The van der Waals surface area contributed by atoms with E-state index in [9.17, 15) is 14.7 Å². The number of carboxylic acids is 1. The lowest BCUT2D eigenvalue weighted by Gasteiger charge is -2.25. The standard InChI is InChI=1S/C18H21ClN2O3/c1-2-7-20-9-14-10-21(12-18(14,11-20)17(23)24)16(22)8-13-3-5-15(19)6-4-13/h2-6,14H,1,7-12H2,(H,23,24)/t14?,18-/m1/s1. The second kappa shape index (κ2) is 6.57. The van der Waals surface area contributed by atoms with Crippen LogP contribution in [0.1, 0.15) is 5.56 Å². The zero-order valence-electron chi connectivity index (χ0n) is 13.4. The molecule has 1 N–H and O–H groups in total. The number of rotatable bonds is 5. The Morgan fingerprint density at radius 1 is 1.29 bits per heavy atom. The van der Waals surface area contributed by atoms with Gasteiger partial charge in [-0.1, -0.05) is 29.8 Å². The highest BCUT2D eigenvalue weighted by Gasteiger charge is 2.58. The first-order chi connectivity index (χ1) is 11.4. The summed E-state index contributed by atoms with van der Waals surface area (Å²) in [6, 6.07) is 7.18. The molecule has 128 valence electrons. The Morgan fingerprint density at radius 2 is 2.00 bits per heavy atom. The van der Waals surface area contributed by atoms with E-state index in [1.807, 2.05) is 12.1 Å². The second-order valence-electron chi connectivity index (χ2n) is 6.72. The van der Waals surface area contributed by atoms with E-state index in [0.717, 1.165) is 5.56 Å². The highest BCUT2D eigenvalue weighted by molar-refractivity contribution is 6.30. The van der Waals surface area contributed by atoms with Gasteiger partial charge in [0.1, 0.15) is 5.41 Å². The predicted molar refractivity (Wildman–Crippen MR) is 91.9 cm³/mol. The van der Waals surface area contributed by atoms with Crippen molar-refractivity contribution in [3.8, 4) is 0 Å². The lowest BCUT2D eigenvalue weighted by molar-refractivity contribution is -0.149. The fourth-order valence-corrected chi connectivity index (χ4v) is 4.00. The normalized spacial score (nSPS) is 26.4. The van der Waals surface area contributed by atoms with Gasteiger partial charge in [-0.2, -0.15) is 0 Å². The van der Waals surface area contributed by atoms with Crippen molar-refractivity contribution in [3.63, 3.8) is 0 Å². The zero-order valence-corrected chi connectivity index (χ0v) is 14.2. The number of likely N-dealkylation sites (tertiary alicyclic amines) is 2. The average molecular weight is 349 g/mol. The Hall–Kier alpha value is -1.85. The van der Waals surface area contributed by atoms with E-state index in [1.54, 1.807) is 23.1 Å². The van der Waals surface area contributed by atoms with E-state index in [0.29, 0.717) is 31.2 Å². The molecule has 0 aromatic heterocycles. The first-order valence-electron chi connectivity index (χ1n) is 8.03. The van der Waals surface area contributed by atoms with Gasteiger partial charge in [-0.3, -0.25) is 14.5 Å². The van der Waals surface area contributed by atoms with E-state index < -0.39 is 11.4 Å². The van der Waals surface area contributed by atoms with Crippen LogP contribution in [-0.4, -0.2) is 59.5 Å². The minimum atomic E-state index is -0.849. The van der Waals surface area contributed by atoms with Crippen LogP contribution in [0.3, 0.4) is 0 Å². The highest BCUT2D eigenvalue weighted by atomic mass is 35.5. The number of amides is 1. The fraction of sp³-hybridized carbons (Fsp3) is 0.444. The van der Waals surface area contributed by atoms with Gasteiger partial charge in [0.2, 0.25) is 5.91 Å². The number of hydrogen-bond donors (Lipinski definition) is 1. The number of fused-ring (bicyclic) bond motifs is 1. The second-order valence-corrected chi connectivity index (χ2v) is 7.15. The molecule has 1 aromatic rings. The summed E-state index contributed by atoms with van der Waals surface area (Å²) in [5, 5.41) is 10.4. The summed E-state index contributed by atoms with van der Waals surface area (Å²) < 4.78 is 0. The quantitative estimate of drug-likeness (QED) is 0.826. The monoisotopic (exact) mass is 348 g/mol. The maximum Gasteiger partial charge on any atom is 0.313 e. The summed E-state index contributed by atoms with van der Waals surface area (Å²) in [5.74, 6) is -0.854. The van der Waals surface area contributed by atoms with E-state index in [1.165, 1.54) is 0 Å². The van der Waals surface area contributed by atoms with Gasteiger partial charge in [-0.25, -0.2) is 0 Å². The minimum Gasteiger partial charge on any atom is -0.481 e. The topological polar surface area (TPSA) is 60.9 Å². The molecule has 0 spiro atoms. The van der Waals surface area contributed by atoms with Crippen molar-refractivity contribution in [2.45, 2.75) is 6.42 Å². The van der Waals surface area contributed by atoms with Gasteiger partial charge in [0.25, 0.3) is 0 Å². The number of benzene rings is 1.